The van der Waals surface area contributed by atoms with E-state index in [0.717, 1.165) is 36.5 Å². The molecule has 0 bridgehead atoms. The van der Waals surface area contributed by atoms with Gasteiger partial charge in [0.15, 0.2) is 0 Å². The van der Waals surface area contributed by atoms with Crippen LogP contribution >= 0.6 is 0 Å². The second-order valence-electron chi connectivity index (χ2n) is 8.25. The van der Waals surface area contributed by atoms with Gasteiger partial charge in [-0.05, 0) is 55.5 Å². The average Bonchev–Trinajstić information content (AvgIpc) is 3.36. The van der Waals surface area contributed by atoms with Gasteiger partial charge in [0, 0.05) is 55.6 Å². The van der Waals surface area contributed by atoms with Crippen molar-refractivity contribution in [1.82, 2.24) is 25.0 Å². The summed E-state index contributed by atoms with van der Waals surface area (Å²) < 4.78 is 5.84. The van der Waals surface area contributed by atoms with Crippen LogP contribution in [0, 0.1) is 6.92 Å². The highest BCUT2D eigenvalue weighted by Gasteiger charge is 2.22. The van der Waals surface area contributed by atoms with Crippen molar-refractivity contribution in [2.75, 3.05) is 26.2 Å². The fourth-order valence-electron chi connectivity index (χ4n) is 3.92. The molecule has 2 aromatic heterocycles. The Hall–Kier alpha value is -3.84. The highest BCUT2D eigenvalue weighted by molar-refractivity contribution is 5.94. The Bertz CT molecular complexity index is 1210. The Morgan fingerprint density at radius 3 is 2.09 bits per heavy atom. The maximum atomic E-state index is 13.0. The monoisotopic (exact) mass is 439 g/mol. The van der Waals surface area contributed by atoms with E-state index in [1.165, 1.54) is 5.56 Å². The van der Waals surface area contributed by atoms with Crippen LogP contribution in [-0.2, 0) is 6.54 Å². The van der Waals surface area contributed by atoms with Crippen molar-refractivity contribution < 1.29 is 9.21 Å². The highest BCUT2D eigenvalue weighted by atomic mass is 16.4. The van der Waals surface area contributed by atoms with Crippen LogP contribution in [0.15, 0.2) is 77.3 Å². The van der Waals surface area contributed by atoms with Crippen LogP contribution in [0.2, 0.25) is 0 Å². The molecule has 7 heteroatoms. The van der Waals surface area contributed by atoms with Gasteiger partial charge in [0.25, 0.3) is 5.91 Å². The quantitative estimate of drug-likeness (QED) is 0.467. The third-order valence-electron chi connectivity index (χ3n) is 5.87. The van der Waals surface area contributed by atoms with Gasteiger partial charge in [-0.25, -0.2) is 0 Å². The van der Waals surface area contributed by atoms with E-state index >= 15 is 0 Å². The van der Waals surface area contributed by atoms with E-state index in [2.05, 4.69) is 20.1 Å². The molecule has 0 radical (unpaired) electrons. The molecular weight excluding hydrogens is 414 g/mol. The van der Waals surface area contributed by atoms with Gasteiger partial charge in [-0.1, -0.05) is 23.8 Å². The van der Waals surface area contributed by atoms with E-state index in [0.29, 0.717) is 30.4 Å². The van der Waals surface area contributed by atoms with Crippen molar-refractivity contribution in [3.8, 4) is 22.9 Å². The molecule has 1 saturated heterocycles. The Morgan fingerprint density at radius 2 is 1.48 bits per heavy atom. The van der Waals surface area contributed by atoms with Crippen molar-refractivity contribution in [3.05, 3.63) is 89.7 Å². The van der Waals surface area contributed by atoms with Crippen molar-refractivity contribution in [2.45, 2.75) is 13.5 Å². The summed E-state index contributed by atoms with van der Waals surface area (Å²) in [7, 11) is 0. The lowest BCUT2D eigenvalue weighted by Gasteiger charge is -2.34. The van der Waals surface area contributed by atoms with Crippen LogP contribution in [-0.4, -0.2) is 57.1 Å². The van der Waals surface area contributed by atoms with Crippen LogP contribution in [0.4, 0.5) is 0 Å². The summed E-state index contributed by atoms with van der Waals surface area (Å²) in [5.41, 5.74) is 4.56. The molecule has 0 unspecified atom stereocenters. The van der Waals surface area contributed by atoms with Crippen molar-refractivity contribution in [1.29, 1.82) is 0 Å². The lowest BCUT2D eigenvalue weighted by Crippen LogP contribution is -2.48. The molecule has 0 saturated carbocycles. The molecule has 1 fully saturated rings. The predicted octanol–water partition coefficient (Wildman–Crippen LogP) is 4.07. The number of nitrogens with zero attached hydrogens (tertiary/aromatic N) is 5. The number of benzene rings is 2. The van der Waals surface area contributed by atoms with Crippen LogP contribution in [0.1, 0.15) is 21.6 Å². The molecule has 1 aliphatic rings. The largest absolute Gasteiger partial charge is 0.416 e. The summed E-state index contributed by atoms with van der Waals surface area (Å²) in [5, 5.41) is 8.33. The number of pyridine rings is 1. The Balaban J connectivity index is 1.20. The number of amides is 1. The minimum absolute atomic E-state index is 0.0462. The van der Waals surface area contributed by atoms with Gasteiger partial charge in [-0.15, -0.1) is 10.2 Å². The van der Waals surface area contributed by atoms with Crippen molar-refractivity contribution in [3.63, 3.8) is 0 Å². The number of aryl methyl sites for hydroxylation is 1. The third-order valence-corrected chi connectivity index (χ3v) is 5.87. The maximum absolute atomic E-state index is 13.0. The number of rotatable bonds is 5. The smallest absolute Gasteiger partial charge is 0.253 e. The average molecular weight is 440 g/mol. The van der Waals surface area contributed by atoms with E-state index < -0.39 is 0 Å². The summed E-state index contributed by atoms with van der Waals surface area (Å²) in [6, 6.07) is 21.3. The first-order chi connectivity index (χ1) is 16.2. The number of hydrogen-bond acceptors (Lipinski definition) is 6. The van der Waals surface area contributed by atoms with Crippen molar-refractivity contribution >= 4 is 5.91 Å². The molecule has 4 aromatic rings. The first kappa shape index (κ1) is 21.0. The Kier molecular flexibility index (Phi) is 5.95. The van der Waals surface area contributed by atoms with Gasteiger partial charge in [0.05, 0.1) is 5.69 Å². The highest BCUT2D eigenvalue weighted by Crippen LogP contribution is 2.24. The molecule has 0 aliphatic carbocycles. The number of hydrogen-bond donors (Lipinski definition) is 0. The van der Waals surface area contributed by atoms with Gasteiger partial charge in [-0.2, -0.15) is 0 Å². The molecule has 2 aromatic carbocycles. The Morgan fingerprint density at radius 1 is 0.848 bits per heavy atom. The minimum Gasteiger partial charge on any atom is -0.416 e. The number of aromatic nitrogens is 3. The zero-order chi connectivity index (χ0) is 22.6. The second-order valence-corrected chi connectivity index (χ2v) is 8.25. The standard InChI is InChI=1S/C26H25N5O2/c1-19-5-7-20(8-6-19)24-28-29-25(33-24)21-9-11-22(12-10-21)26(32)31-16-14-30(15-17-31)18-23-4-2-3-13-27-23/h2-13H,14-18H2,1H3. The van der Waals surface area contributed by atoms with Gasteiger partial charge < -0.3 is 9.32 Å². The minimum atomic E-state index is 0.0462. The number of carbonyl (C=O) groups is 1. The summed E-state index contributed by atoms with van der Waals surface area (Å²) in [6.45, 7) is 5.93. The topological polar surface area (TPSA) is 75.4 Å². The van der Waals surface area contributed by atoms with Gasteiger partial charge in [0.1, 0.15) is 0 Å². The Labute approximate surface area is 192 Å². The van der Waals surface area contributed by atoms with Gasteiger partial charge >= 0.3 is 0 Å². The third kappa shape index (κ3) is 4.83. The predicted molar refractivity (Wildman–Crippen MR) is 125 cm³/mol. The summed E-state index contributed by atoms with van der Waals surface area (Å²) in [4.78, 5) is 21.6. The van der Waals surface area contributed by atoms with Gasteiger partial charge in [-0.3, -0.25) is 14.7 Å². The van der Waals surface area contributed by atoms with Crippen LogP contribution in [0.3, 0.4) is 0 Å². The second kappa shape index (κ2) is 9.34. The molecule has 1 aliphatic heterocycles. The molecule has 0 N–H and O–H groups in total. The molecule has 166 valence electrons. The lowest BCUT2D eigenvalue weighted by atomic mass is 10.1. The zero-order valence-corrected chi connectivity index (χ0v) is 18.5. The number of carbonyl (C=O) groups excluding carboxylic acids is 1. The first-order valence-electron chi connectivity index (χ1n) is 11.1. The fourth-order valence-corrected chi connectivity index (χ4v) is 3.92. The van der Waals surface area contributed by atoms with E-state index in [-0.39, 0.29) is 5.91 Å². The van der Waals surface area contributed by atoms with E-state index in [1.54, 1.807) is 0 Å². The van der Waals surface area contributed by atoms with Crippen LogP contribution < -0.4 is 0 Å². The molecule has 0 atom stereocenters. The normalized spacial score (nSPS) is 14.4. The molecule has 1 amide bonds. The fraction of sp³-hybridized carbons (Fsp3) is 0.231. The maximum Gasteiger partial charge on any atom is 0.253 e. The summed E-state index contributed by atoms with van der Waals surface area (Å²) >= 11 is 0. The lowest BCUT2D eigenvalue weighted by molar-refractivity contribution is 0.0627. The van der Waals surface area contributed by atoms with Crippen LogP contribution in [0.25, 0.3) is 22.9 Å². The van der Waals surface area contributed by atoms with E-state index in [9.17, 15) is 4.79 Å². The van der Waals surface area contributed by atoms with Crippen LogP contribution in [0.5, 0.6) is 0 Å². The molecule has 0 spiro atoms. The van der Waals surface area contributed by atoms with E-state index in [4.69, 9.17) is 4.42 Å². The molecule has 7 nitrogen and oxygen atoms in total. The van der Waals surface area contributed by atoms with E-state index in [1.807, 2.05) is 84.8 Å². The molecule has 3 heterocycles. The molecular formula is C26H25N5O2. The number of piperazine rings is 1. The summed E-state index contributed by atoms with van der Waals surface area (Å²) in [5.74, 6) is 0.964. The van der Waals surface area contributed by atoms with Crippen molar-refractivity contribution in [2.24, 2.45) is 0 Å². The molecule has 33 heavy (non-hydrogen) atoms. The zero-order valence-electron chi connectivity index (χ0n) is 18.5. The first-order valence-corrected chi connectivity index (χ1v) is 11.1. The summed E-state index contributed by atoms with van der Waals surface area (Å²) in [6.07, 6.45) is 1.82. The van der Waals surface area contributed by atoms with Gasteiger partial charge in [0.2, 0.25) is 11.8 Å². The molecule has 5 rings (SSSR count). The SMILES string of the molecule is Cc1ccc(-c2nnc(-c3ccc(C(=O)N4CCN(Cc5ccccn5)CC4)cc3)o2)cc1.